The largest absolute Gasteiger partial charge is 0.494 e. The third-order valence-electron chi connectivity index (χ3n) is 5.28. The Balaban J connectivity index is 1.47. The lowest BCUT2D eigenvalue weighted by atomic mass is 10.1. The van der Waals surface area contributed by atoms with Crippen molar-refractivity contribution in [2.75, 3.05) is 13.2 Å². The highest BCUT2D eigenvalue weighted by Gasteiger charge is 2.13. The average molecular weight is 607 g/mol. The van der Waals surface area contributed by atoms with Gasteiger partial charge in [0.15, 0.2) is 0 Å². The molecule has 8 nitrogen and oxygen atoms in total. The van der Waals surface area contributed by atoms with Crippen LogP contribution in [0, 0.1) is 3.57 Å². The summed E-state index contributed by atoms with van der Waals surface area (Å²) in [6.07, 6.45) is 4.33. The highest BCUT2D eigenvalue weighted by Crippen LogP contribution is 2.25. The zero-order valence-electron chi connectivity index (χ0n) is 20.2. The van der Waals surface area contributed by atoms with Crippen molar-refractivity contribution in [3.63, 3.8) is 0 Å². The van der Waals surface area contributed by atoms with E-state index in [1.54, 1.807) is 23.0 Å². The topological polar surface area (TPSA) is 97.6 Å². The number of hydrogen-bond donors (Lipinski definition) is 2. The molecule has 2 N–H and O–H groups in total. The number of carbonyl (C=O) groups is 2. The maximum absolute atomic E-state index is 12.3. The second-order valence-electron chi connectivity index (χ2n) is 8.04. The van der Waals surface area contributed by atoms with Crippen LogP contribution in [-0.4, -0.2) is 41.0 Å². The number of nitrogens with one attached hydrogen (secondary N) is 2. The second kappa shape index (κ2) is 12.8. The first kappa shape index (κ1) is 26.1. The Bertz CT molecular complexity index is 1380. The number of para-hydroxylation sites is 1. The molecule has 0 radical (unpaired) electrons. The van der Waals surface area contributed by atoms with Crippen LogP contribution in [0.2, 0.25) is 0 Å². The predicted molar refractivity (Wildman–Crippen MR) is 152 cm³/mol. The summed E-state index contributed by atoms with van der Waals surface area (Å²) in [5.74, 6) is 0.0368. The van der Waals surface area contributed by atoms with Crippen molar-refractivity contribution < 1.29 is 14.3 Å². The summed E-state index contributed by atoms with van der Waals surface area (Å²) in [6.45, 7) is 2.52. The van der Waals surface area contributed by atoms with Gasteiger partial charge in [-0.05, 0) is 77.5 Å². The van der Waals surface area contributed by atoms with E-state index < -0.39 is 5.91 Å². The van der Waals surface area contributed by atoms with Crippen molar-refractivity contribution in [3.05, 3.63) is 99.8 Å². The highest BCUT2D eigenvalue weighted by atomic mass is 127. The molecule has 4 rings (SSSR count). The number of rotatable bonds is 10. The van der Waals surface area contributed by atoms with Crippen molar-refractivity contribution in [3.8, 4) is 22.7 Å². The van der Waals surface area contributed by atoms with Gasteiger partial charge in [-0.1, -0.05) is 37.3 Å². The fourth-order valence-corrected chi connectivity index (χ4v) is 4.09. The molecule has 0 unspecified atom stereocenters. The first-order valence-electron chi connectivity index (χ1n) is 11.8. The van der Waals surface area contributed by atoms with Crippen molar-refractivity contribution >= 4 is 40.6 Å². The molecule has 4 aromatic rings. The zero-order chi connectivity index (χ0) is 26.0. The Morgan fingerprint density at radius 2 is 1.76 bits per heavy atom. The Labute approximate surface area is 228 Å². The lowest BCUT2D eigenvalue weighted by Crippen LogP contribution is -2.35. The monoisotopic (exact) mass is 607 g/mol. The fourth-order valence-electron chi connectivity index (χ4n) is 3.46. The van der Waals surface area contributed by atoms with Crippen LogP contribution < -0.4 is 15.5 Å². The third kappa shape index (κ3) is 7.04. The van der Waals surface area contributed by atoms with Gasteiger partial charge >= 0.3 is 0 Å². The summed E-state index contributed by atoms with van der Waals surface area (Å²) in [4.78, 5) is 24.6. The molecule has 0 atom stereocenters. The van der Waals surface area contributed by atoms with E-state index in [0.717, 1.165) is 27.0 Å². The fraction of sp³-hybridized carbons (Fsp3) is 0.143. The first-order valence-corrected chi connectivity index (χ1v) is 12.9. The lowest BCUT2D eigenvalue weighted by molar-refractivity contribution is -0.120. The van der Waals surface area contributed by atoms with Gasteiger partial charge in [-0.3, -0.25) is 9.59 Å². The molecule has 0 aliphatic heterocycles. The number of benzene rings is 3. The lowest BCUT2D eigenvalue weighted by Gasteiger charge is -2.06. The van der Waals surface area contributed by atoms with Gasteiger partial charge in [0.25, 0.3) is 11.8 Å². The van der Waals surface area contributed by atoms with Gasteiger partial charge in [0, 0.05) is 20.9 Å². The Morgan fingerprint density at radius 3 is 2.49 bits per heavy atom. The maximum Gasteiger partial charge on any atom is 0.259 e. The minimum Gasteiger partial charge on any atom is -0.494 e. The molecule has 0 aliphatic carbocycles. The summed E-state index contributed by atoms with van der Waals surface area (Å²) < 4.78 is 8.26. The zero-order valence-corrected chi connectivity index (χ0v) is 22.4. The van der Waals surface area contributed by atoms with E-state index in [-0.39, 0.29) is 12.5 Å². The first-order chi connectivity index (χ1) is 18.0. The minimum atomic E-state index is -0.440. The van der Waals surface area contributed by atoms with Crippen molar-refractivity contribution in [2.45, 2.75) is 13.3 Å². The molecular formula is C28H26IN5O3. The van der Waals surface area contributed by atoms with Crippen LogP contribution in [0.25, 0.3) is 16.9 Å². The number of ether oxygens (including phenoxy) is 1. The SMILES string of the molecule is CCCOc1ccc(-c2nn(-c3ccccc3)cc2/C=N/NC(=O)CNC(=O)c2ccccc2I)cc1. The van der Waals surface area contributed by atoms with Gasteiger partial charge < -0.3 is 10.1 Å². The number of hydrogen-bond acceptors (Lipinski definition) is 5. The van der Waals surface area contributed by atoms with E-state index in [1.807, 2.05) is 72.9 Å². The molecule has 0 spiro atoms. The van der Waals surface area contributed by atoms with Crippen LogP contribution in [0.3, 0.4) is 0 Å². The van der Waals surface area contributed by atoms with Gasteiger partial charge in [-0.2, -0.15) is 10.2 Å². The van der Waals surface area contributed by atoms with Crippen LogP contribution in [-0.2, 0) is 4.79 Å². The number of nitrogens with zero attached hydrogens (tertiary/aromatic N) is 3. The minimum absolute atomic E-state index is 0.198. The standard InChI is InChI=1S/C28H26IN5O3/c1-2-16-37-23-14-12-20(13-15-23)27-21(19-34(33-27)22-8-4-3-5-9-22)17-31-32-26(35)18-30-28(36)24-10-6-7-11-25(24)29/h3-15,17,19H,2,16,18H2,1H3,(H,30,36)(H,32,35)/b31-17+. The molecule has 2 amide bonds. The van der Waals surface area contributed by atoms with Crippen LogP contribution in [0.4, 0.5) is 0 Å². The molecule has 0 bridgehead atoms. The van der Waals surface area contributed by atoms with E-state index in [0.29, 0.717) is 23.4 Å². The molecule has 188 valence electrons. The van der Waals surface area contributed by atoms with Crippen molar-refractivity contribution in [1.29, 1.82) is 0 Å². The summed E-state index contributed by atoms with van der Waals surface area (Å²) >= 11 is 2.08. The molecule has 3 aromatic carbocycles. The van der Waals surface area contributed by atoms with Crippen molar-refractivity contribution in [1.82, 2.24) is 20.5 Å². The van der Waals surface area contributed by atoms with Gasteiger partial charge in [-0.25, -0.2) is 10.1 Å². The Morgan fingerprint density at radius 1 is 1.03 bits per heavy atom. The predicted octanol–water partition coefficient (Wildman–Crippen LogP) is 4.81. The molecule has 0 aliphatic rings. The van der Waals surface area contributed by atoms with Gasteiger partial charge in [0.05, 0.1) is 30.6 Å². The summed E-state index contributed by atoms with van der Waals surface area (Å²) in [5, 5.41) is 11.5. The Hall–Kier alpha value is -3.99. The van der Waals surface area contributed by atoms with Gasteiger partial charge in [-0.15, -0.1) is 0 Å². The second-order valence-corrected chi connectivity index (χ2v) is 9.20. The van der Waals surface area contributed by atoms with E-state index in [9.17, 15) is 9.59 Å². The van der Waals surface area contributed by atoms with E-state index in [4.69, 9.17) is 9.84 Å². The maximum atomic E-state index is 12.3. The van der Waals surface area contributed by atoms with Crippen LogP contribution in [0.1, 0.15) is 29.3 Å². The smallest absolute Gasteiger partial charge is 0.259 e. The van der Waals surface area contributed by atoms with Crippen LogP contribution >= 0.6 is 22.6 Å². The number of aromatic nitrogens is 2. The number of hydrazone groups is 1. The summed E-state index contributed by atoms with van der Waals surface area (Å²) in [5.41, 5.74) is 6.19. The Kier molecular flexibility index (Phi) is 9.03. The van der Waals surface area contributed by atoms with Gasteiger partial charge in [0.1, 0.15) is 11.4 Å². The van der Waals surface area contributed by atoms with E-state index >= 15 is 0 Å². The molecule has 1 aromatic heterocycles. The van der Waals surface area contributed by atoms with E-state index in [2.05, 4.69) is 45.4 Å². The normalized spacial score (nSPS) is 10.9. The average Bonchev–Trinajstić information content (AvgIpc) is 3.36. The van der Waals surface area contributed by atoms with Gasteiger partial charge in [0.2, 0.25) is 0 Å². The molecule has 0 saturated carbocycles. The molecular weight excluding hydrogens is 581 g/mol. The third-order valence-corrected chi connectivity index (χ3v) is 6.23. The molecule has 0 saturated heterocycles. The van der Waals surface area contributed by atoms with Crippen molar-refractivity contribution in [2.24, 2.45) is 5.10 Å². The number of carbonyl (C=O) groups excluding carboxylic acids is 2. The number of halogens is 1. The summed E-state index contributed by atoms with van der Waals surface area (Å²) in [7, 11) is 0. The van der Waals surface area contributed by atoms with Crippen LogP contribution in [0.5, 0.6) is 5.75 Å². The van der Waals surface area contributed by atoms with Crippen LogP contribution in [0.15, 0.2) is 90.2 Å². The number of amides is 2. The quantitative estimate of drug-likeness (QED) is 0.154. The van der Waals surface area contributed by atoms with E-state index in [1.165, 1.54) is 0 Å². The summed E-state index contributed by atoms with van der Waals surface area (Å²) in [6, 6.07) is 24.6. The molecule has 37 heavy (non-hydrogen) atoms. The molecule has 9 heteroatoms. The highest BCUT2D eigenvalue weighted by molar-refractivity contribution is 14.1. The molecule has 1 heterocycles. The molecule has 0 fully saturated rings.